The Hall–Kier alpha value is -2.29. The summed E-state index contributed by atoms with van der Waals surface area (Å²) in [4.78, 5) is 0. The fraction of sp³-hybridized carbons (Fsp3) is 0.0909. The topological polar surface area (TPSA) is 59.3 Å². The van der Waals surface area contributed by atoms with E-state index in [1.54, 1.807) is 6.07 Å². The lowest BCUT2D eigenvalue weighted by molar-refractivity contribution is -0.274. The van der Waals surface area contributed by atoms with Crippen LogP contribution in [0.1, 0.15) is 0 Å². The van der Waals surface area contributed by atoms with Gasteiger partial charge in [0.2, 0.25) is 0 Å². The number of aromatic nitrogens is 1. The minimum absolute atomic E-state index is 0.225. The summed E-state index contributed by atoms with van der Waals surface area (Å²) >= 11 is 4.99. The molecule has 2 rings (SSSR count). The van der Waals surface area contributed by atoms with Crippen molar-refractivity contribution in [2.75, 3.05) is 10.6 Å². The number of nitrogens with zero attached hydrogens (tertiary/aromatic N) is 1. The number of anilines is 2. The summed E-state index contributed by atoms with van der Waals surface area (Å²) in [7, 11) is 0. The van der Waals surface area contributed by atoms with Gasteiger partial charge in [0.1, 0.15) is 12.0 Å². The molecule has 0 fully saturated rings. The van der Waals surface area contributed by atoms with Crippen LogP contribution in [0.5, 0.6) is 5.75 Å². The van der Waals surface area contributed by atoms with Gasteiger partial charge >= 0.3 is 6.36 Å². The SMILES string of the molecule is FC(F)(F)Oc1ccc(NC(=S)Nc2ccon2)cc1. The molecule has 0 aliphatic rings. The number of halogens is 3. The van der Waals surface area contributed by atoms with Crippen LogP contribution >= 0.6 is 12.2 Å². The van der Waals surface area contributed by atoms with E-state index in [9.17, 15) is 13.2 Å². The third-order valence-corrected chi connectivity index (χ3v) is 2.23. The first kappa shape index (κ1) is 14.1. The standard InChI is InChI=1S/C11H8F3N3O2S/c12-11(13,14)19-8-3-1-7(2-4-8)15-10(20)16-9-5-6-18-17-9/h1-6H,(H2,15,16,17,20). The van der Waals surface area contributed by atoms with Crippen LogP contribution in [0.3, 0.4) is 0 Å². The van der Waals surface area contributed by atoms with E-state index in [-0.39, 0.29) is 10.9 Å². The molecule has 0 saturated carbocycles. The van der Waals surface area contributed by atoms with Gasteiger partial charge in [-0.25, -0.2) is 0 Å². The van der Waals surface area contributed by atoms with E-state index in [4.69, 9.17) is 12.2 Å². The lowest BCUT2D eigenvalue weighted by atomic mass is 10.3. The van der Waals surface area contributed by atoms with Gasteiger partial charge in [-0.15, -0.1) is 13.2 Å². The average molecular weight is 303 g/mol. The highest BCUT2D eigenvalue weighted by Gasteiger charge is 2.30. The van der Waals surface area contributed by atoms with E-state index in [0.717, 1.165) is 0 Å². The maximum Gasteiger partial charge on any atom is 0.573 e. The van der Waals surface area contributed by atoms with E-state index >= 15 is 0 Å². The van der Waals surface area contributed by atoms with Crippen molar-refractivity contribution in [2.24, 2.45) is 0 Å². The summed E-state index contributed by atoms with van der Waals surface area (Å²) in [6.07, 6.45) is -3.34. The van der Waals surface area contributed by atoms with E-state index in [2.05, 4.69) is 25.1 Å². The summed E-state index contributed by atoms with van der Waals surface area (Å²) in [5.41, 5.74) is 0.500. The first-order valence-corrected chi connectivity index (χ1v) is 5.67. The maximum atomic E-state index is 12.0. The third-order valence-electron chi connectivity index (χ3n) is 2.03. The van der Waals surface area contributed by atoms with E-state index in [1.165, 1.54) is 30.5 Å². The Morgan fingerprint density at radius 3 is 2.40 bits per heavy atom. The molecule has 0 saturated heterocycles. The van der Waals surface area contributed by atoms with Crippen LogP contribution in [0.2, 0.25) is 0 Å². The Labute approximate surface area is 116 Å². The van der Waals surface area contributed by atoms with Gasteiger partial charge in [0.05, 0.1) is 0 Å². The van der Waals surface area contributed by atoms with E-state index < -0.39 is 6.36 Å². The highest BCUT2D eigenvalue weighted by Crippen LogP contribution is 2.23. The fourth-order valence-corrected chi connectivity index (χ4v) is 1.52. The van der Waals surface area contributed by atoms with Crippen molar-refractivity contribution >= 4 is 28.8 Å². The highest BCUT2D eigenvalue weighted by atomic mass is 32.1. The Morgan fingerprint density at radius 2 is 1.85 bits per heavy atom. The molecule has 0 unspecified atom stereocenters. The lowest BCUT2D eigenvalue weighted by Gasteiger charge is -2.11. The molecule has 20 heavy (non-hydrogen) atoms. The molecule has 0 aliphatic heterocycles. The molecule has 2 N–H and O–H groups in total. The molecule has 5 nitrogen and oxygen atoms in total. The van der Waals surface area contributed by atoms with Crippen LogP contribution in [-0.2, 0) is 0 Å². The van der Waals surface area contributed by atoms with E-state index in [0.29, 0.717) is 11.5 Å². The van der Waals surface area contributed by atoms with Crippen molar-refractivity contribution in [3.63, 3.8) is 0 Å². The predicted molar refractivity (Wildman–Crippen MR) is 69.5 cm³/mol. The van der Waals surface area contributed by atoms with Crippen molar-refractivity contribution in [2.45, 2.75) is 6.36 Å². The summed E-state index contributed by atoms with van der Waals surface area (Å²) in [6, 6.07) is 6.72. The first-order valence-electron chi connectivity index (χ1n) is 5.26. The maximum absolute atomic E-state index is 12.0. The molecule has 0 radical (unpaired) electrons. The van der Waals surface area contributed by atoms with Gasteiger partial charge in [-0.1, -0.05) is 5.16 Å². The molecule has 0 amide bonds. The molecule has 1 aromatic carbocycles. The van der Waals surface area contributed by atoms with Crippen molar-refractivity contribution in [1.29, 1.82) is 0 Å². The molecule has 0 atom stereocenters. The molecule has 0 spiro atoms. The minimum atomic E-state index is -4.71. The number of benzene rings is 1. The molecular weight excluding hydrogens is 295 g/mol. The summed E-state index contributed by atoms with van der Waals surface area (Å²) < 4.78 is 44.3. The normalized spacial score (nSPS) is 10.9. The Balaban J connectivity index is 1.92. The largest absolute Gasteiger partial charge is 0.573 e. The van der Waals surface area contributed by atoms with Gasteiger partial charge in [-0.05, 0) is 36.5 Å². The highest BCUT2D eigenvalue weighted by molar-refractivity contribution is 7.80. The summed E-state index contributed by atoms with van der Waals surface area (Å²) in [5, 5.41) is 9.32. The monoisotopic (exact) mass is 303 g/mol. The number of alkyl halides is 3. The van der Waals surface area contributed by atoms with E-state index in [1.807, 2.05) is 0 Å². The van der Waals surface area contributed by atoms with Crippen molar-refractivity contribution in [3.05, 3.63) is 36.6 Å². The number of hydrogen-bond acceptors (Lipinski definition) is 4. The number of thiocarbonyl (C=S) groups is 1. The van der Waals surface area contributed by atoms with Gasteiger partial charge in [0, 0.05) is 11.8 Å². The fourth-order valence-electron chi connectivity index (χ4n) is 1.30. The minimum Gasteiger partial charge on any atom is -0.406 e. The quantitative estimate of drug-likeness (QED) is 0.848. The van der Waals surface area contributed by atoms with Crippen molar-refractivity contribution in [3.8, 4) is 5.75 Å². The Kier molecular flexibility index (Phi) is 4.08. The second-order valence-corrected chi connectivity index (χ2v) is 3.94. The lowest BCUT2D eigenvalue weighted by Crippen LogP contribution is -2.19. The van der Waals surface area contributed by atoms with Crippen LogP contribution < -0.4 is 15.4 Å². The van der Waals surface area contributed by atoms with Crippen molar-refractivity contribution < 1.29 is 22.4 Å². The van der Waals surface area contributed by atoms with Crippen LogP contribution in [0.15, 0.2) is 41.1 Å². The molecule has 1 aromatic heterocycles. The zero-order valence-corrected chi connectivity index (χ0v) is 10.6. The number of ether oxygens (including phenoxy) is 1. The number of nitrogens with one attached hydrogen (secondary N) is 2. The Morgan fingerprint density at radius 1 is 1.15 bits per heavy atom. The molecule has 9 heteroatoms. The second kappa shape index (κ2) is 5.78. The van der Waals surface area contributed by atoms with Crippen LogP contribution in [-0.4, -0.2) is 16.6 Å². The molecular formula is C11H8F3N3O2S. The molecule has 0 bridgehead atoms. The molecule has 106 valence electrons. The summed E-state index contributed by atoms with van der Waals surface area (Å²) in [5.74, 6) is 0.109. The molecule has 2 aromatic rings. The zero-order valence-electron chi connectivity index (χ0n) is 9.77. The van der Waals surface area contributed by atoms with Gasteiger partial charge in [0.15, 0.2) is 10.9 Å². The third kappa shape index (κ3) is 4.43. The van der Waals surface area contributed by atoms with Gasteiger partial charge < -0.3 is 19.9 Å². The van der Waals surface area contributed by atoms with Gasteiger partial charge in [-0.2, -0.15) is 0 Å². The zero-order chi connectivity index (χ0) is 14.6. The van der Waals surface area contributed by atoms with Crippen LogP contribution in [0, 0.1) is 0 Å². The smallest absolute Gasteiger partial charge is 0.406 e. The Bertz CT molecular complexity index is 570. The first-order chi connectivity index (χ1) is 9.42. The average Bonchev–Trinajstić information content (AvgIpc) is 2.82. The number of hydrogen-bond donors (Lipinski definition) is 2. The van der Waals surface area contributed by atoms with Gasteiger partial charge in [-0.3, -0.25) is 0 Å². The number of rotatable bonds is 3. The molecule has 0 aliphatic carbocycles. The van der Waals surface area contributed by atoms with Crippen LogP contribution in [0.25, 0.3) is 0 Å². The van der Waals surface area contributed by atoms with Crippen LogP contribution in [0.4, 0.5) is 24.7 Å². The predicted octanol–water partition coefficient (Wildman–Crippen LogP) is 3.38. The molecule has 1 heterocycles. The van der Waals surface area contributed by atoms with Crippen molar-refractivity contribution in [1.82, 2.24) is 5.16 Å². The summed E-state index contributed by atoms with van der Waals surface area (Å²) in [6.45, 7) is 0. The second-order valence-electron chi connectivity index (χ2n) is 3.54. The van der Waals surface area contributed by atoms with Gasteiger partial charge in [0.25, 0.3) is 0 Å².